The largest absolute Gasteiger partial charge is 0.506 e. The lowest BCUT2D eigenvalue weighted by molar-refractivity contribution is 0.230. The summed E-state index contributed by atoms with van der Waals surface area (Å²) < 4.78 is 0. The van der Waals surface area contributed by atoms with Crippen LogP contribution < -0.4 is 5.32 Å². The van der Waals surface area contributed by atoms with Crippen LogP contribution in [-0.2, 0) is 6.54 Å². The highest BCUT2D eigenvalue weighted by molar-refractivity contribution is 5.17. The topological polar surface area (TPSA) is 48.4 Å². The average molecular weight is 193 g/mol. The predicted molar refractivity (Wildman–Crippen MR) is 54.0 cm³/mol. The molecule has 2 heterocycles. The molecule has 0 aromatic carbocycles. The zero-order valence-electron chi connectivity index (χ0n) is 8.11. The summed E-state index contributed by atoms with van der Waals surface area (Å²) in [6.45, 7) is 5.13. The van der Waals surface area contributed by atoms with E-state index in [9.17, 15) is 0 Å². The van der Waals surface area contributed by atoms with Gasteiger partial charge in [-0.15, -0.1) is 0 Å². The number of nitrogens with zero attached hydrogens (tertiary/aromatic N) is 2. The molecule has 0 aliphatic carbocycles. The molecule has 1 saturated heterocycles. The molecule has 76 valence electrons. The third-order valence-corrected chi connectivity index (χ3v) is 2.40. The van der Waals surface area contributed by atoms with Crippen LogP contribution in [-0.4, -0.2) is 41.2 Å². The molecule has 0 bridgehead atoms. The number of piperazine rings is 1. The van der Waals surface area contributed by atoms with Gasteiger partial charge in [-0.05, 0) is 12.1 Å². The highest BCUT2D eigenvalue weighted by Crippen LogP contribution is 2.08. The standard InChI is InChI=1S/C10H15N3O/c14-10-2-1-9(12-7-10)8-13-5-3-11-4-6-13/h1-2,7,11,14H,3-6,8H2. The number of rotatable bonds is 2. The second kappa shape index (κ2) is 4.39. The van der Waals surface area contributed by atoms with Crippen LogP contribution in [0.2, 0.25) is 0 Å². The lowest BCUT2D eigenvalue weighted by Crippen LogP contribution is -2.43. The molecule has 2 N–H and O–H groups in total. The van der Waals surface area contributed by atoms with Crippen molar-refractivity contribution in [3.05, 3.63) is 24.0 Å². The Morgan fingerprint density at radius 3 is 2.79 bits per heavy atom. The molecule has 1 aliphatic heterocycles. The average Bonchev–Trinajstić information content (AvgIpc) is 2.23. The smallest absolute Gasteiger partial charge is 0.133 e. The Kier molecular flexibility index (Phi) is 2.96. The van der Waals surface area contributed by atoms with Crippen molar-refractivity contribution >= 4 is 0 Å². The van der Waals surface area contributed by atoms with Crippen LogP contribution in [0.1, 0.15) is 5.69 Å². The molecule has 0 radical (unpaired) electrons. The lowest BCUT2D eigenvalue weighted by Gasteiger charge is -2.26. The molecule has 2 rings (SSSR count). The van der Waals surface area contributed by atoms with Gasteiger partial charge in [0.2, 0.25) is 0 Å². The van der Waals surface area contributed by atoms with E-state index in [1.807, 2.05) is 6.07 Å². The first-order valence-corrected chi connectivity index (χ1v) is 4.91. The van der Waals surface area contributed by atoms with Crippen LogP contribution in [0.25, 0.3) is 0 Å². The summed E-state index contributed by atoms with van der Waals surface area (Å²) in [6.07, 6.45) is 1.50. The Hall–Kier alpha value is -1.13. The van der Waals surface area contributed by atoms with Crippen LogP contribution >= 0.6 is 0 Å². The van der Waals surface area contributed by atoms with Crippen LogP contribution in [0.15, 0.2) is 18.3 Å². The van der Waals surface area contributed by atoms with Gasteiger partial charge in [0, 0.05) is 32.7 Å². The number of pyridine rings is 1. The molecule has 0 atom stereocenters. The predicted octanol–water partition coefficient (Wildman–Crippen LogP) is 0.192. The molecule has 4 nitrogen and oxygen atoms in total. The van der Waals surface area contributed by atoms with Gasteiger partial charge >= 0.3 is 0 Å². The Balaban J connectivity index is 1.92. The van der Waals surface area contributed by atoms with E-state index in [0.717, 1.165) is 38.4 Å². The molecule has 4 heteroatoms. The maximum Gasteiger partial charge on any atom is 0.133 e. The molecule has 1 aromatic rings. The van der Waals surface area contributed by atoms with E-state index in [4.69, 9.17) is 5.11 Å². The number of nitrogens with one attached hydrogen (secondary N) is 1. The maximum absolute atomic E-state index is 9.08. The summed E-state index contributed by atoms with van der Waals surface area (Å²) in [5, 5.41) is 12.4. The van der Waals surface area contributed by atoms with E-state index in [1.54, 1.807) is 6.07 Å². The van der Waals surface area contributed by atoms with Crippen molar-refractivity contribution in [2.45, 2.75) is 6.54 Å². The third-order valence-electron chi connectivity index (χ3n) is 2.40. The van der Waals surface area contributed by atoms with Crippen molar-refractivity contribution in [3.63, 3.8) is 0 Å². The van der Waals surface area contributed by atoms with E-state index in [0.29, 0.717) is 0 Å². The third kappa shape index (κ3) is 2.43. The van der Waals surface area contributed by atoms with Crippen LogP contribution in [0.3, 0.4) is 0 Å². The fourth-order valence-electron chi connectivity index (χ4n) is 1.61. The van der Waals surface area contributed by atoms with Gasteiger partial charge in [-0.1, -0.05) is 0 Å². The van der Waals surface area contributed by atoms with Gasteiger partial charge in [0.1, 0.15) is 5.75 Å². The molecular weight excluding hydrogens is 178 g/mol. The fourth-order valence-corrected chi connectivity index (χ4v) is 1.61. The van der Waals surface area contributed by atoms with E-state index in [-0.39, 0.29) is 5.75 Å². The molecule has 1 aromatic heterocycles. The summed E-state index contributed by atoms with van der Waals surface area (Å²) in [7, 11) is 0. The number of hydrogen-bond acceptors (Lipinski definition) is 4. The van der Waals surface area contributed by atoms with E-state index >= 15 is 0 Å². The Bertz CT molecular complexity index is 280. The zero-order valence-corrected chi connectivity index (χ0v) is 8.11. The summed E-state index contributed by atoms with van der Waals surface area (Å²) in [5.41, 5.74) is 1.02. The molecule has 14 heavy (non-hydrogen) atoms. The first-order valence-electron chi connectivity index (χ1n) is 4.91. The number of hydrogen-bond donors (Lipinski definition) is 2. The summed E-state index contributed by atoms with van der Waals surface area (Å²) in [4.78, 5) is 6.52. The van der Waals surface area contributed by atoms with E-state index in [1.165, 1.54) is 6.20 Å². The minimum absolute atomic E-state index is 0.231. The minimum Gasteiger partial charge on any atom is -0.506 e. The molecule has 1 aliphatic rings. The monoisotopic (exact) mass is 193 g/mol. The molecular formula is C10H15N3O. The Morgan fingerprint density at radius 1 is 1.36 bits per heavy atom. The van der Waals surface area contributed by atoms with Gasteiger partial charge in [0.25, 0.3) is 0 Å². The van der Waals surface area contributed by atoms with Crippen LogP contribution in [0.5, 0.6) is 5.75 Å². The van der Waals surface area contributed by atoms with Crippen molar-refractivity contribution in [3.8, 4) is 5.75 Å². The molecule has 1 fully saturated rings. The van der Waals surface area contributed by atoms with Gasteiger partial charge in [-0.3, -0.25) is 9.88 Å². The Morgan fingerprint density at radius 2 is 2.14 bits per heavy atom. The van der Waals surface area contributed by atoms with Crippen molar-refractivity contribution < 1.29 is 5.11 Å². The lowest BCUT2D eigenvalue weighted by atomic mass is 10.3. The minimum atomic E-state index is 0.231. The summed E-state index contributed by atoms with van der Waals surface area (Å²) >= 11 is 0. The molecule has 0 saturated carbocycles. The Labute approximate surface area is 83.6 Å². The van der Waals surface area contributed by atoms with Crippen LogP contribution in [0, 0.1) is 0 Å². The van der Waals surface area contributed by atoms with E-state index < -0.39 is 0 Å². The van der Waals surface area contributed by atoms with Crippen molar-refractivity contribution in [1.82, 2.24) is 15.2 Å². The number of aromatic nitrogens is 1. The number of aromatic hydroxyl groups is 1. The normalized spacial score (nSPS) is 18.3. The first kappa shape index (κ1) is 9.43. The summed E-state index contributed by atoms with van der Waals surface area (Å²) in [5.74, 6) is 0.231. The van der Waals surface area contributed by atoms with E-state index in [2.05, 4.69) is 15.2 Å². The van der Waals surface area contributed by atoms with Crippen molar-refractivity contribution in [1.29, 1.82) is 0 Å². The SMILES string of the molecule is Oc1ccc(CN2CCNCC2)nc1. The second-order valence-electron chi connectivity index (χ2n) is 3.53. The molecule has 0 spiro atoms. The summed E-state index contributed by atoms with van der Waals surface area (Å²) in [6, 6.07) is 3.56. The van der Waals surface area contributed by atoms with Gasteiger partial charge in [0.05, 0.1) is 11.9 Å². The van der Waals surface area contributed by atoms with Crippen LogP contribution in [0.4, 0.5) is 0 Å². The van der Waals surface area contributed by atoms with Gasteiger partial charge in [-0.2, -0.15) is 0 Å². The molecule has 0 unspecified atom stereocenters. The highest BCUT2D eigenvalue weighted by atomic mass is 16.3. The zero-order chi connectivity index (χ0) is 9.80. The van der Waals surface area contributed by atoms with Gasteiger partial charge in [-0.25, -0.2) is 0 Å². The maximum atomic E-state index is 9.08. The molecule has 0 amide bonds. The first-order chi connectivity index (χ1) is 6.84. The highest BCUT2D eigenvalue weighted by Gasteiger charge is 2.09. The fraction of sp³-hybridized carbons (Fsp3) is 0.500. The second-order valence-corrected chi connectivity index (χ2v) is 3.53. The van der Waals surface area contributed by atoms with Gasteiger partial charge in [0.15, 0.2) is 0 Å². The quantitative estimate of drug-likeness (QED) is 0.704. The van der Waals surface area contributed by atoms with Crippen molar-refractivity contribution in [2.24, 2.45) is 0 Å². The van der Waals surface area contributed by atoms with Crippen molar-refractivity contribution in [2.75, 3.05) is 26.2 Å². The van der Waals surface area contributed by atoms with Gasteiger partial charge < -0.3 is 10.4 Å².